The van der Waals surface area contributed by atoms with Gasteiger partial charge in [-0.05, 0) is 36.8 Å². The normalized spacial score (nSPS) is 11.7. The Morgan fingerprint density at radius 3 is 2.87 bits per heavy atom. The van der Waals surface area contributed by atoms with Gasteiger partial charge >= 0.3 is 0 Å². The molecular formula is C17H13N5O. The van der Waals surface area contributed by atoms with Gasteiger partial charge in [0.1, 0.15) is 17.4 Å². The van der Waals surface area contributed by atoms with Crippen LogP contribution in [0.1, 0.15) is 11.1 Å². The maximum absolute atomic E-state index is 12.6. The summed E-state index contributed by atoms with van der Waals surface area (Å²) in [6.07, 6.45) is 6.39. The zero-order valence-electron chi connectivity index (χ0n) is 12.4. The molecule has 4 aromatic rings. The van der Waals surface area contributed by atoms with Gasteiger partial charge in [0.25, 0.3) is 5.56 Å². The van der Waals surface area contributed by atoms with E-state index < -0.39 is 0 Å². The van der Waals surface area contributed by atoms with Crippen LogP contribution in [0.25, 0.3) is 21.9 Å². The smallest absolute Gasteiger partial charge is 0.298 e. The van der Waals surface area contributed by atoms with Crippen molar-refractivity contribution in [3.8, 4) is 0 Å². The molecule has 0 atom stereocenters. The van der Waals surface area contributed by atoms with Crippen molar-refractivity contribution in [2.45, 2.75) is 6.92 Å². The number of hydrogen-bond acceptors (Lipinski definition) is 4. The minimum absolute atomic E-state index is 0.228. The van der Waals surface area contributed by atoms with Crippen molar-refractivity contribution in [3.63, 3.8) is 0 Å². The van der Waals surface area contributed by atoms with E-state index in [1.165, 1.54) is 11.0 Å². The van der Waals surface area contributed by atoms with E-state index in [1.54, 1.807) is 18.6 Å². The maximum atomic E-state index is 12.6. The third-order valence-electron chi connectivity index (χ3n) is 3.68. The van der Waals surface area contributed by atoms with Crippen molar-refractivity contribution in [1.82, 2.24) is 19.6 Å². The Hall–Kier alpha value is -3.28. The van der Waals surface area contributed by atoms with Crippen LogP contribution in [0.15, 0.2) is 58.9 Å². The van der Waals surface area contributed by atoms with Gasteiger partial charge < -0.3 is 4.98 Å². The quantitative estimate of drug-likeness (QED) is 0.578. The zero-order valence-corrected chi connectivity index (χ0v) is 12.4. The molecule has 4 rings (SSSR count). The lowest BCUT2D eigenvalue weighted by atomic mass is 10.2. The highest BCUT2D eigenvalue weighted by Crippen LogP contribution is 2.22. The van der Waals surface area contributed by atoms with E-state index in [9.17, 15) is 4.79 Å². The molecule has 23 heavy (non-hydrogen) atoms. The van der Waals surface area contributed by atoms with Gasteiger partial charge in [0, 0.05) is 23.3 Å². The van der Waals surface area contributed by atoms with Gasteiger partial charge in [-0.15, -0.1) is 0 Å². The van der Waals surface area contributed by atoms with Crippen LogP contribution < -0.4 is 5.56 Å². The van der Waals surface area contributed by atoms with Crippen molar-refractivity contribution in [3.05, 3.63) is 70.5 Å². The second kappa shape index (κ2) is 5.17. The molecule has 3 heterocycles. The molecule has 6 heteroatoms. The van der Waals surface area contributed by atoms with Crippen molar-refractivity contribution in [1.29, 1.82) is 0 Å². The first-order chi connectivity index (χ1) is 11.2. The lowest BCUT2D eigenvalue weighted by Crippen LogP contribution is -2.17. The van der Waals surface area contributed by atoms with E-state index in [-0.39, 0.29) is 5.56 Å². The van der Waals surface area contributed by atoms with Gasteiger partial charge in [0.05, 0.1) is 6.21 Å². The second-order valence-corrected chi connectivity index (χ2v) is 5.32. The van der Waals surface area contributed by atoms with Crippen LogP contribution in [-0.4, -0.2) is 25.8 Å². The number of nitrogens with zero attached hydrogens (tertiary/aromatic N) is 4. The standard InChI is InChI=1S/C17H13N5O/c1-11-2-3-14-13(8-11)15-16(21-14)17(23)22(10-19-15)20-9-12-4-6-18-7-5-12/h2-10,21H,1H3/b20-9-. The molecule has 0 aliphatic carbocycles. The predicted molar refractivity (Wildman–Crippen MR) is 89.8 cm³/mol. The van der Waals surface area contributed by atoms with Crippen LogP contribution in [0.4, 0.5) is 0 Å². The minimum Gasteiger partial charge on any atom is -0.349 e. The molecule has 3 aromatic heterocycles. The molecule has 0 bridgehead atoms. The molecule has 0 fully saturated rings. The third kappa shape index (κ3) is 2.30. The van der Waals surface area contributed by atoms with Crippen LogP contribution in [-0.2, 0) is 0 Å². The SMILES string of the molecule is Cc1ccc2[nH]c3c(=O)n(/N=C\c4ccncc4)cnc3c2c1. The van der Waals surface area contributed by atoms with Crippen LogP contribution in [0.3, 0.4) is 0 Å². The molecule has 0 spiro atoms. The number of aromatic amines is 1. The highest BCUT2D eigenvalue weighted by Gasteiger charge is 2.10. The summed E-state index contributed by atoms with van der Waals surface area (Å²) in [7, 11) is 0. The number of hydrogen-bond donors (Lipinski definition) is 1. The molecule has 6 nitrogen and oxygen atoms in total. The topological polar surface area (TPSA) is 75.9 Å². The number of H-pyrrole nitrogens is 1. The average Bonchev–Trinajstić information content (AvgIpc) is 2.94. The maximum Gasteiger partial charge on any atom is 0.298 e. The second-order valence-electron chi connectivity index (χ2n) is 5.32. The van der Waals surface area contributed by atoms with E-state index in [0.29, 0.717) is 11.0 Å². The summed E-state index contributed by atoms with van der Waals surface area (Å²) in [6.45, 7) is 2.01. The molecule has 1 aromatic carbocycles. The van der Waals surface area contributed by atoms with Crippen LogP contribution in [0.2, 0.25) is 0 Å². The lowest BCUT2D eigenvalue weighted by molar-refractivity contribution is 0.815. The Balaban J connectivity index is 1.87. The summed E-state index contributed by atoms with van der Waals surface area (Å²) < 4.78 is 1.23. The highest BCUT2D eigenvalue weighted by atomic mass is 16.1. The van der Waals surface area contributed by atoms with E-state index in [4.69, 9.17) is 0 Å². The molecular weight excluding hydrogens is 290 g/mol. The summed E-state index contributed by atoms with van der Waals surface area (Å²) in [5.41, 5.74) is 3.78. The van der Waals surface area contributed by atoms with Crippen LogP contribution in [0, 0.1) is 6.92 Å². The highest BCUT2D eigenvalue weighted by molar-refractivity contribution is 6.04. The van der Waals surface area contributed by atoms with Crippen LogP contribution >= 0.6 is 0 Å². The van der Waals surface area contributed by atoms with Gasteiger partial charge in [-0.1, -0.05) is 11.6 Å². The van der Waals surface area contributed by atoms with Crippen molar-refractivity contribution in [2.75, 3.05) is 0 Å². The Kier molecular flexibility index (Phi) is 3.01. The largest absolute Gasteiger partial charge is 0.349 e. The minimum atomic E-state index is -0.228. The first-order valence-corrected chi connectivity index (χ1v) is 7.16. The fraction of sp³-hybridized carbons (Fsp3) is 0.0588. The molecule has 1 N–H and O–H groups in total. The molecule has 0 saturated carbocycles. The fourth-order valence-corrected chi connectivity index (χ4v) is 2.52. The van der Waals surface area contributed by atoms with Crippen molar-refractivity contribution < 1.29 is 0 Å². The molecule has 0 aliphatic rings. The number of rotatable bonds is 2. The van der Waals surface area contributed by atoms with Crippen molar-refractivity contribution >= 4 is 28.2 Å². The number of aryl methyl sites for hydroxylation is 1. The van der Waals surface area contributed by atoms with E-state index in [0.717, 1.165) is 22.0 Å². The summed E-state index contributed by atoms with van der Waals surface area (Å²) in [5.74, 6) is 0. The molecule has 0 aliphatic heterocycles. The van der Waals surface area contributed by atoms with Gasteiger partial charge in [-0.25, -0.2) is 4.98 Å². The Morgan fingerprint density at radius 2 is 2.04 bits per heavy atom. The summed E-state index contributed by atoms with van der Waals surface area (Å²) in [6, 6.07) is 9.60. The van der Waals surface area contributed by atoms with Gasteiger partial charge in [0.15, 0.2) is 0 Å². The first kappa shape index (κ1) is 13.4. The summed E-state index contributed by atoms with van der Waals surface area (Å²) in [5, 5.41) is 5.13. The van der Waals surface area contributed by atoms with Gasteiger partial charge in [-0.3, -0.25) is 9.78 Å². The van der Waals surface area contributed by atoms with E-state index in [1.807, 2.05) is 37.3 Å². The number of nitrogens with one attached hydrogen (secondary N) is 1. The first-order valence-electron chi connectivity index (χ1n) is 7.16. The number of pyridine rings is 1. The van der Waals surface area contributed by atoms with Gasteiger partial charge in [0.2, 0.25) is 0 Å². The fourth-order valence-electron chi connectivity index (χ4n) is 2.52. The third-order valence-corrected chi connectivity index (χ3v) is 3.68. The number of fused-ring (bicyclic) bond motifs is 3. The molecule has 0 unspecified atom stereocenters. The summed E-state index contributed by atoms with van der Waals surface area (Å²) >= 11 is 0. The predicted octanol–water partition coefficient (Wildman–Crippen LogP) is 2.46. The Morgan fingerprint density at radius 1 is 1.22 bits per heavy atom. The Bertz CT molecular complexity index is 1090. The molecule has 0 amide bonds. The monoisotopic (exact) mass is 303 g/mol. The van der Waals surface area contributed by atoms with E-state index >= 15 is 0 Å². The van der Waals surface area contributed by atoms with Gasteiger partial charge in [-0.2, -0.15) is 9.78 Å². The molecule has 0 radical (unpaired) electrons. The van der Waals surface area contributed by atoms with E-state index in [2.05, 4.69) is 20.1 Å². The Labute approximate surface area is 131 Å². The average molecular weight is 303 g/mol. The lowest BCUT2D eigenvalue weighted by Gasteiger charge is -1.97. The summed E-state index contributed by atoms with van der Waals surface area (Å²) in [4.78, 5) is 24.0. The molecule has 0 saturated heterocycles. The van der Waals surface area contributed by atoms with Crippen LogP contribution in [0.5, 0.6) is 0 Å². The number of aromatic nitrogens is 4. The van der Waals surface area contributed by atoms with Crippen molar-refractivity contribution in [2.24, 2.45) is 5.10 Å². The number of benzene rings is 1. The zero-order chi connectivity index (χ0) is 15.8. The molecule has 112 valence electrons.